The zero-order valence-electron chi connectivity index (χ0n) is 12.1. The Morgan fingerprint density at radius 2 is 2.24 bits per heavy atom. The van der Waals surface area contributed by atoms with Gasteiger partial charge in [0.05, 0.1) is 10.7 Å². The topological polar surface area (TPSA) is 44.4 Å². The Hall–Kier alpha value is -1.10. The van der Waals surface area contributed by atoms with Gasteiger partial charge < -0.3 is 15.5 Å². The third-order valence-corrected chi connectivity index (χ3v) is 4.81. The minimum absolute atomic E-state index is 0.0333. The van der Waals surface area contributed by atoms with Crippen LogP contribution in [0.1, 0.15) is 19.3 Å². The highest BCUT2D eigenvalue weighted by Crippen LogP contribution is 2.25. The molecule has 0 aromatic heterocycles. The first-order valence-electron chi connectivity index (χ1n) is 7.72. The van der Waals surface area contributed by atoms with Gasteiger partial charge in [-0.05, 0) is 37.4 Å². The number of anilines is 1. The van der Waals surface area contributed by atoms with Crippen LogP contribution in [0.5, 0.6) is 0 Å². The molecule has 0 aliphatic carbocycles. The molecule has 2 aliphatic heterocycles. The van der Waals surface area contributed by atoms with E-state index in [1.807, 2.05) is 18.2 Å². The largest absolute Gasteiger partial charge is 0.325 e. The van der Waals surface area contributed by atoms with E-state index in [2.05, 4.69) is 15.5 Å². The van der Waals surface area contributed by atoms with Crippen LogP contribution in [0.2, 0.25) is 5.02 Å². The maximum Gasteiger partial charge on any atom is 0.225 e. The fourth-order valence-electron chi connectivity index (χ4n) is 3.35. The first-order valence-corrected chi connectivity index (χ1v) is 8.10. The van der Waals surface area contributed by atoms with E-state index < -0.39 is 0 Å². The number of rotatable bonds is 4. The van der Waals surface area contributed by atoms with Gasteiger partial charge in [0.15, 0.2) is 0 Å². The fourth-order valence-corrected chi connectivity index (χ4v) is 3.54. The second-order valence-electron chi connectivity index (χ2n) is 6.00. The number of hydrogen-bond acceptors (Lipinski definition) is 3. The van der Waals surface area contributed by atoms with E-state index in [4.69, 9.17) is 11.6 Å². The lowest BCUT2D eigenvalue weighted by atomic mass is 9.94. The summed E-state index contributed by atoms with van der Waals surface area (Å²) in [7, 11) is 0. The molecule has 4 nitrogen and oxygen atoms in total. The van der Waals surface area contributed by atoms with Gasteiger partial charge in [-0.3, -0.25) is 4.79 Å². The van der Waals surface area contributed by atoms with Crippen molar-refractivity contribution in [3.05, 3.63) is 29.3 Å². The normalized spacial score (nSPS) is 25.6. The second kappa shape index (κ2) is 6.77. The highest BCUT2D eigenvalue weighted by molar-refractivity contribution is 6.33. The number of hydrogen-bond donors (Lipinski definition) is 2. The summed E-state index contributed by atoms with van der Waals surface area (Å²) in [6.07, 6.45) is 3.12. The molecule has 114 valence electrons. The number of likely N-dealkylation sites (tertiary alicyclic amines) is 1. The Labute approximate surface area is 130 Å². The van der Waals surface area contributed by atoms with Crippen LogP contribution in [0.3, 0.4) is 0 Å². The van der Waals surface area contributed by atoms with E-state index in [-0.39, 0.29) is 5.91 Å². The van der Waals surface area contributed by atoms with E-state index in [1.165, 1.54) is 12.8 Å². The summed E-state index contributed by atoms with van der Waals surface area (Å²) in [5.41, 5.74) is 0.695. The van der Waals surface area contributed by atoms with E-state index in [0.717, 1.165) is 32.1 Å². The van der Waals surface area contributed by atoms with E-state index in [0.29, 0.717) is 23.2 Å². The maximum atomic E-state index is 12.0. The lowest BCUT2D eigenvalue weighted by Crippen LogP contribution is -2.40. The van der Waals surface area contributed by atoms with Crippen LogP contribution < -0.4 is 10.6 Å². The fraction of sp³-hybridized carbons (Fsp3) is 0.562. The van der Waals surface area contributed by atoms with Gasteiger partial charge in [0, 0.05) is 32.1 Å². The van der Waals surface area contributed by atoms with E-state index in [1.54, 1.807) is 6.07 Å². The molecule has 0 bridgehead atoms. The minimum atomic E-state index is 0.0333. The van der Waals surface area contributed by atoms with Crippen LogP contribution in [-0.4, -0.2) is 43.0 Å². The third kappa shape index (κ3) is 3.76. The van der Waals surface area contributed by atoms with Crippen LogP contribution in [0.4, 0.5) is 5.69 Å². The van der Waals surface area contributed by atoms with Crippen LogP contribution in [0, 0.1) is 5.92 Å². The number of carbonyl (C=O) groups is 1. The Bertz CT molecular complexity index is 494. The van der Waals surface area contributed by atoms with Crippen molar-refractivity contribution in [2.24, 2.45) is 5.92 Å². The highest BCUT2D eigenvalue weighted by atomic mass is 35.5. The average molecular weight is 308 g/mol. The molecule has 0 radical (unpaired) electrons. The van der Waals surface area contributed by atoms with Crippen LogP contribution in [0.15, 0.2) is 24.3 Å². The Kier molecular flexibility index (Phi) is 4.78. The number of fused-ring (bicyclic) bond motifs is 1. The standard InChI is InChI=1S/C16H22ClN3O/c17-13-5-1-2-6-14(13)19-16(21)7-9-20-10-12-4-3-8-18-15(12)11-20/h1-2,5-6,12,15,18H,3-4,7-11H2,(H,19,21). The summed E-state index contributed by atoms with van der Waals surface area (Å²) in [6.45, 7) is 4.16. The molecule has 2 saturated heterocycles. The summed E-state index contributed by atoms with van der Waals surface area (Å²) < 4.78 is 0. The second-order valence-corrected chi connectivity index (χ2v) is 6.41. The maximum absolute atomic E-state index is 12.0. The lowest BCUT2D eigenvalue weighted by Gasteiger charge is -2.24. The van der Waals surface area contributed by atoms with Gasteiger partial charge in [-0.2, -0.15) is 0 Å². The van der Waals surface area contributed by atoms with Crippen LogP contribution >= 0.6 is 11.6 Å². The highest BCUT2D eigenvalue weighted by Gasteiger charge is 2.33. The van der Waals surface area contributed by atoms with Crippen molar-refractivity contribution < 1.29 is 4.79 Å². The molecule has 5 heteroatoms. The zero-order chi connectivity index (χ0) is 14.7. The van der Waals surface area contributed by atoms with Gasteiger partial charge in [-0.15, -0.1) is 0 Å². The Morgan fingerprint density at radius 3 is 3.05 bits per heavy atom. The third-order valence-electron chi connectivity index (χ3n) is 4.48. The molecule has 1 aromatic rings. The van der Waals surface area contributed by atoms with Gasteiger partial charge >= 0.3 is 0 Å². The first kappa shape index (κ1) is 14.8. The van der Waals surface area contributed by atoms with Crippen molar-refractivity contribution in [1.82, 2.24) is 10.2 Å². The van der Waals surface area contributed by atoms with Gasteiger partial charge in [0.1, 0.15) is 0 Å². The summed E-state index contributed by atoms with van der Waals surface area (Å²) >= 11 is 6.04. The number of benzene rings is 1. The number of nitrogens with zero attached hydrogens (tertiary/aromatic N) is 1. The van der Waals surface area contributed by atoms with Gasteiger partial charge in [0.2, 0.25) is 5.91 Å². The predicted octanol–water partition coefficient (Wildman–Crippen LogP) is 2.35. The monoisotopic (exact) mass is 307 g/mol. The molecule has 2 heterocycles. The molecular formula is C16H22ClN3O. The number of amides is 1. The number of carbonyl (C=O) groups excluding carboxylic acids is 1. The van der Waals surface area contributed by atoms with Crippen molar-refractivity contribution in [1.29, 1.82) is 0 Å². The summed E-state index contributed by atoms with van der Waals surface area (Å²) in [6, 6.07) is 7.98. The summed E-state index contributed by atoms with van der Waals surface area (Å²) in [5, 5.41) is 7.06. The first-order chi connectivity index (χ1) is 10.2. The number of nitrogens with one attached hydrogen (secondary N) is 2. The van der Waals surface area contributed by atoms with Crippen LogP contribution in [-0.2, 0) is 4.79 Å². The Balaban J connectivity index is 1.45. The average Bonchev–Trinajstić information content (AvgIpc) is 2.90. The SMILES string of the molecule is O=C(CCN1CC2CCCNC2C1)Nc1ccccc1Cl. The van der Waals surface area contributed by atoms with Crippen molar-refractivity contribution in [3.63, 3.8) is 0 Å². The quantitative estimate of drug-likeness (QED) is 0.897. The predicted molar refractivity (Wildman–Crippen MR) is 85.7 cm³/mol. The minimum Gasteiger partial charge on any atom is -0.325 e. The lowest BCUT2D eigenvalue weighted by molar-refractivity contribution is -0.116. The smallest absolute Gasteiger partial charge is 0.225 e. The van der Waals surface area contributed by atoms with Gasteiger partial charge in [0.25, 0.3) is 0 Å². The molecule has 21 heavy (non-hydrogen) atoms. The molecule has 0 saturated carbocycles. The van der Waals surface area contributed by atoms with Crippen molar-refractivity contribution in [2.45, 2.75) is 25.3 Å². The summed E-state index contributed by atoms with van der Waals surface area (Å²) in [5.74, 6) is 0.802. The molecule has 0 spiro atoms. The molecule has 2 aliphatic rings. The molecule has 2 N–H and O–H groups in total. The molecule has 3 rings (SSSR count). The van der Waals surface area contributed by atoms with E-state index >= 15 is 0 Å². The Morgan fingerprint density at radius 1 is 1.38 bits per heavy atom. The number of piperidine rings is 1. The van der Waals surface area contributed by atoms with Crippen molar-refractivity contribution >= 4 is 23.2 Å². The number of para-hydroxylation sites is 1. The van der Waals surface area contributed by atoms with E-state index in [9.17, 15) is 4.79 Å². The molecule has 1 aromatic carbocycles. The zero-order valence-corrected chi connectivity index (χ0v) is 12.9. The van der Waals surface area contributed by atoms with Crippen molar-refractivity contribution in [3.8, 4) is 0 Å². The van der Waals surface area contributed by atoms with Gasteiger partial charge in [-0.25, -0.2) is 0 Å². The molecule has 1 amide bonds. The van der Waals surface area contributed by atoms with Crippen molar-refractivity contribution in [2.75, 3.05) is 31.5 Å². The molecule has 2 atom stereocenters. The molecule has 2 unspecified atom stereocenters. The van der Waals surface area contributed by atoms with Gasteiger partial charge in [-0.1, -0.05) is 23.7 Å². The molecular weight excluding hydrogens is 286 g/mol. The summed E-state index contributed by atoms with van der Waals surface area (Å²) in [4.78, 5) is 14.4. The van der Waals surface area contributed by atoms with Crippen LogP contribution in [0.25, 0.3) is 0 Å². The molecule has 2 fully saturated rings. The number of halogens is 1.